The van der Waals surface area contributed by atoms with Crippen molar-refractivity contribution in [2.75, 3.05) is 23.4 Å². The average Bonchev–Trinajstić information content (AvgIpc) is 2.70. The van der Waals surface area contributed by atoms with Crippen LogP contribution in [-0.4, -0.2) is 43.4 Å². The zero-order valence-electron chi connectivity index (χ0n) is 17.3. The number of benzene rings is 2. The first kappa shape index (κ1) is 22.1. The van der Waals surface area contributed by atoms with E-state index < -0.39 is 11.9 Å². The molecule has 3 amide bonds. The zero-order valence-corrected chi connectivity index (χ0v) is 17.3. The molecular weight excluding hydrogens is 368 g/mol. The Hall–Kier alpha value is -3.19. The van der Waals surface area contributed by atoms with Crippen LogP contribution in [0.3, 0.4) is 0 Å². The molecule has 154 valence electrons. The van der Waals surface area contributed by atoms with Crippen molar-refractivity contribution in [3.8, 4) is 0 Å². The number of para-hydroxylation sites is 2. The summed E-state index contributed by atoms with van der Waals surface area (Å²) in [5.41, 5.74) is 7.19. The van der Waals surface area contributed by atoms with Crippen LogP contribution >= 0.6 is 0 Å². The van der Waals surface area contributed by atoms with Gasteiger partial charge in [-0.2, -0.15) is 0 Å². The fourth-order valence-corrected chi connectivity index (χ4v) is 2.81. The van der Waals surface area contributed by atoms with Crippen LogP contribution in [0.1, 0.15) is 31.1 Å². The molecule has 0 aliphatic carbocycles. The van der Waals surface area contributed by atoms with E-state index in [9.17, 15) is 14.4 Å². The predicted octanol–water partition coefficient (Wildman–Crippen LogP) is 2.17. The van der Waals surface area contributed by atoms with Crippen molar-refractivity contribution in [2.24, 2.45) is 5.73 Å². The van der Waals surface area contributed by atoms with Crippen molar-refractivity contribution in [1.29, 1.82) is 0 Å². The van der Waals surface area contributed by atoms with Crippen molar-refractivity contribution in [3.05, 3.63) is 60.2 Å². The van der Waals surface area contributed by atoms with E-state index in [1.807, 2.05) is 32.0 Å². The fourth-order valence-electron chi connectivity index (χ4n) is 2.81. The lowest BCUT2D eigenvalue weighted by molar-refractivity contribution is -0.123. The summed E-state index contributed by atoms with van der Waals surface area (Å²) in [4.78, 5) is 41.1. The van der Waals surface area contributed by atoms with E-state index in [0.29, 0.717) is 16.9 Å². The van der Waals surface area contributed by atoms with Gasteiger partial charge in [-0.1, -0.05) is 30.3 Å². The summed E-state index contributed by atoms with van der Waals surface area (Å²) in [6, 6.07) is 14.9. The summed E-state index contributed by atoms with van der Waals surface area (Å²) in [5.74, 6) is -1.06. The van der Waals surface area contributed by atoms with E-state index in [4.69, 9.17) is 5.73 Å². The first-order valence-electron chi connectivity index (χ1n) is 9.50. The third kappa shape index (κ3) is 5.65. The number of carbonyl (C=O) groups is 3. The van der Waals surface area contributed by atoms with Gasteiger partial charge in [-0.05, 0) is 45.0 Å². The number of hydrogen-bond donors (Lipinski definition) is 2. The van der Waals surface area contributed by atoms with Crippen LogP contribution in [0.5, 0.6) is 0 Å². The maximum Gasteiger partial charge on any atom is 0.253 e. The van der Waals surface area contributed by atoms with Gasteiger partial charge in [-0.25, -0.2) is 0 Å². The lowest BCUT2D eigenvalue weighted by Gasteiger charge is -2.28. The highest BCUT2D eigenvalue weighted by atomic mass is 16.2. The van der Waals surface area contributed by atoms with Gasteiger partial charge >= 0.3 is 0 Å². The van der Waals surface area contributed by atoms with E-state index in [1.165, 1.54) is 9.80 Å². The Kier molecular flexibility index (Phi) is 7.50. The molecule has 0 heterocycles. The molecule has 2 aromatic rings. The molecule has 0 aromatic heterocycles. The van der Waals surface area contributed by atoms with Gasteiger partial charge in [0.1, 0.15) is 6.54 Å². The second kappa shape index (κ2) is 9.84. The molecule has 1 unspecified atom stereocenters. The van der Waals surface area contributed by atoms with Crippen molar-refractivity contribution in [1.82, 2.24) is 5.32 Å². The van der Waals surface area contributed by atoms with Gasteiger partial charge in [0, 0.05) is 18.8 Å². The SMILES string of the molecule is CC(C)NC(=O)c1ccccc1N(CC(=O)N(C)c1ccccc1)C(=O)C(C)N. The molecule has 2 rings (SSSR count). The number of nitrogens with two attached hydrogens (primary N) is 1. The Morgan fingerprint density at radius 3 is 2.14 bits per heavy atom. The Bertz CT molecular complexity index is 865. The molecule has 0 fully saturated rings. The second-order valence-corrected chi connectivity index (χ2v) is 7.15. The Labute approximate surface area is 171 Å². The maximum absolute atomic E-state index is 12.9. The van der Waals surface area contributed by atoms with E-state index in [2.05, 4.69) is 5.32 Å². The van der Waals surface area contributed by atoms with Gasteiger partial charge < -0.3 is 20.9 Å². The summed E-state index contributed by atoms with van der Waals surface area (Å²) < 4.78 is 0. The Balaban J connectivity index is 2.38. The molecular formula is C22H28N4O3. The normalized spacial score (nSPS) is 11.7. The van der Waals surface area contributed by atoms with Gasteiger partial charge in [0.15, 0.2) is 0 Å². The monoisotopic (exact) mass is 396 g/mol. The van der Waals surface area contributed by atoms with Gasteiger partial charge in [-0.3, -0.25) is 14.4 Å². The summed E-state index contributed by atoms with van der Waals surface area (Å²) in [5, 5.41) is 2.82. The number of anilines is 2. The highest BCUT2D eigenvalue weighted by Gasteiger charge is 2.27. The maximum atomic E-state index is 12.9. The molecule has 0 saturated heterocycles. The fraction of sp³-hybridized carbons (Fsp3) is 0.318. The van der Waals surface area contributed by atoms with Crippen LogP contribution in [0.4, 0.5) is 11.4 Å². The van der Waals surface area contributed by atoms with Crippen LogP contribution in [0, 0.1) is 0 Å². The number of rotatable bonds is 7. The molecule has 0 spiro atoms. The quantitative estimate of drug-likeness (QED) is 0.750. The molecule has 2 aromatic carbocycles. The van der Waals surface area contributed by atoms with Gasteiger partial charge in [-0.15, -0.1) is 0 Å². The van der Waals surface area contributed by atoms with Crippen LogP contribution in [0.25, 0.3) is 0 Å². The highest BCUT2D eigenvalue weighted by molar-refractivity contribution is 6.09. The third-order valence-electron chi connectivity index (χ3n) is 4.33. The molecule has 7 nitrogen and oxygen atoms in total. The van der Waals surface area contributed by atoms with Gasteiger partial charge in [0.25, 0.3) is 5.91 Å². The van der Waals surface area contributed by atoms with Crippen LogP contribution < -0.4 is 20.9 Å². The zero-order chi connectivity index (χ0) is 21.6. The predicted molar refractivity (Wildman–Crippen MR) is 115 cm³/mol. The molecule has 29 heavy (non-hydrogen) atoms. The molecule has 0 saturated carbocycles. The first-order chi connectivity index (χ1) is 13.7. The minimum atomic E-state index is -0.828. The minimum Gasteiger partial charge on any atom is -0.350 e. The van der Waals surface area contributed by atoms with E-state index in [0.717, 1.165) is 0 Å². The van der Waals surface area contributed by atoms with Crippen molar-refractivity contribution in [3.63, 3.8) is 0 Å². The molecule has 0 radical (unpaired) electrons. The summed E-state index contributed by atoms with van der Waals surface area (Å²) >= 11 is 0. The Morgan fingerprint density at radius 2 is 1.55 bits per heavy atom. The molecule has 1 atom stereocenters. The smallest absolute Gasteiger partial charge is 0.253 e. The highest BCUT2D eigenvalue weighted by Crippen LogP contribution is 2.22. The third-order valence-corrected chi connectivity index (χ3v) is 4.33. The lowest BCUT2D eigenvalue weighted by atomic mass is 10.1. The second-order valence-electron chi connectivity index (χ2n) is 7.15. The molecule has 0 aliphatic heterocycles. The number of carbonyl (C=O) groups excluding carboxylic acids is 3. The Morgan fingerprint density at radius 1 is 0.966 bits per heavy atom. The largest absolute Gasteiger partial charge is 0.350 e. The van der Waals surface area contributed by atoms with Crippen molar-refractivity contribution < 1.29 is 14.4 Å². The average molecular weight is 396 g/mol. The molecule has 3 N–H and O–H groups in total. The summed E-state index contributed by atoms with van der Waals surface area (Å²) in [6.07, 6.45) is 0. The molecule has 7 heteroatoms. The number of nitrogens with zero attached hydrogens (tertiary/aromatic N) is 2. The number of amides is 3. The van der Waals surface area contributed by atoms with Crippen molar-refractivity contribution >= 4 is 29.1 Å². The topological polar surface area (TPSA) is 95.7 Å². The number of hydrogen-bond acceptors (Lipinski definition) is 4. The van der Waals surface area contributed by atoms with Crippen molar-refractivity contribution in [2.45, 2.75) is 32.9 Å². The van der Waals surface area contributed by atoms with E-state index in [-0.39, 0.29) is 24.4 Å². The standard InChI is InChI=1S/C22H28N4O3/c1-15(2)24-21(28)18-12-8-9-13-19(18)26(22(29)16(3)23)14-20(27)25(4)17-10-6-5-7-11-17/h5-13,15-16H,14,23H2,1-4H3,(H,24,28). The van der Waals surface area contributed by atoms with Gasteiger partial charge in [0.2, 0.25) is 11.8 Å². The number of likely N-dealkylation sites (N-methyl/N-ethyl adjacent to an activating group) is 1. The van der Waals surface area contributed by atoms with Crippen LogP contribution in [-0.2, 0) is 9.59 Å². The first-order valence-corrected chi connectivity index (χ1v) is 9.50. The van der Waals surface area contributed by atoms with Gasteiger partial charge in [0.05, 0.1) is 17.3 Å². The van der Waals surface area contributed by atoms with E-state index >= 15 is 0 Å². The summed E-state index contributed by atoms with van der Waals surface area (Å²) in [7, 11) is 1.64. The lowest BCUT2D eigenvalue weighted by Crippen LogP contribution is -2.48. The summed E-state index contributed by atoms with van der Waals surface area (Å²) in [6.45, 7) is 5.02. The van der Waals surface area contributed by atoms with E-state index in [1.54, 1.807) is 50.4 Å². The number of nitrogens with one attached hydrogen (secondary N) is 1. The van der Waals surface area contributed by atoms with Crippen LogP contribution in [0.15, 0.2) is 54.6 Å². The molecule has 0 aliphatic rings. The molecule has 0 bridgehead atoms. The minimum absolute atomic E-state index is 0.0704. The van der Waals surface area contributed by atoms with Crippen LogP contribution in [0.2, 0.25) is 0 Å².